The maximum absolute atomic E-state index is 5.84. The Morgan fingerprint density at radius 1 is 1.29 bits per heavy atom. The SMILES string of the molecule is CCCC(Cl)(Cl)OCCOC(C)OC. The van der Waals surface area contributed by atoms with Gasteiger partial charge in [0.05, 0.1) is 13.2 Å². The molecular weight excluding hydrogens is 227 g/mol. The smallest absolute Gasteiger partial charge is 0.217 e. The number of hydrogen-bond donors (Lipinski definition) is 0. The van der Waals surface area contributed by atoms with Crippen LogP contribution in [0.1, 0.15) is 26.7 Å². The number of methoxy groups -OCH3 is 1. The molecule has 0 aliphatic carbocycles. The van der Waals surface area contributed by atoms with Gasteiger partial charge in [0.25, 0.3) is 0 Å². The molecule has 1 atom stereocenters. The minimum atomic E-state index is -1.09. The molecule has 0 bridgehead atoms. The van der Waals surface area contributed by atoms with Crippen LogP contribution < -0.4 is 0 Å². The number of halogens is 2. The summed E-state index contributed by atoms with van der Waals surface area (Å²) in [6.45, 7) is 4.58. The Morgan fingerprint density at radius 3 is 2.43 bits per heavy atom. The first-order chi connectivity index (χ1) is 6.52. The predicted octanol–water partition coefficient (Wildman–Crippen LogP) is 2.94. The summed E-state index contributed by atoms with van der Waals surface area (Å²) in [5, 5.41) is 0. The Kier molecular flexibility index (Phi) is 7.97. The lowest BCUT2D eigenvalue weighted by atomic mass is 10.3. The third-order valence-corrected chi connectivity index (χ3v) is 2.22. The van der Waals surface area contributed by atoms with Crippen LogP contribution in [0.25, 0.3) is 0 Å². The summed E-state index contributed by atoms with van der Waals surface area (Å²) in [6.07, 6.45) is 1.25. The van der Waals surface area contributed by atoms with Crippen molar-refractivity contribution < 1.29 is 14.2 Å². The molecule has 5 heteroatoms. The highest BCUT2D eigenvalue weighted by atomic mass is 35.5. The van der Waals surface area contributed by atoms with Crippen LogP contribution in [0.3, 0.4) is 0 Å². The molecule has 0 saturated carbocycles. The Balaban J connectivity index is 3.43. The van der Waals surface area contributed by atoms with Crippen molar-refractivity contribution >= 4 is 23.2 Å². The Hall–Kier alpha value is 0.460. The van der Waals surface area contributed by atoms with Crippen LogP contribution >= 0.6 is 23.2 Å². The molecular formula is C9H18Cl2O3. The van der Waals surface area contributed by atoms with Crippen LogP contribution in [0.2, 0.25) is 0 Å². The fourth-order valence-corrected chi connectivity index (χ4v) is 1.37. The van der Waals surface area contributed by atoms with Crippen molar-refractivity contribution in [3.8, 4) is 0 Å². The van der Waals surface area contributed by atoms with Crippen LogP contribution in [0, 0.1) is 0 Å². The zero-order valence-electron chi connectivity index (χ0n) is 8.89. The molecule has 0 rings (SSSR count). The quantitative estimate of drug-likeness (QED) is 0.374. The Labute approximate surface area is 95.6 Å². The van der Waals surface area contributed by atoms with Crippen LogP contribution in [-0.4, -0.2) is 31.1 Å². The molecule has 86 valence electrons. The van der Waals surface area contributed by atoms with Crippen molar-refractivity contribution in [1.82, 2.24) is 0 Å². The normalized spacial score (nSPS) is 14.4. The van der Waals surface area contributed by atoms with E-state index in [1.807, 2.05) is 6.92 Å². The van der Waals surface area contributed by atoms with Crippen molar-refractivity contribution in [2.24, 2.45) is 0 Å². The molecule has 0 N–H and O–H groups in total. The lowest BCUT2D eigenvalue weighted by Gasteiger charge is -2.20. The third-order valence-electron chi connectivity index (χ3n) is 1.62. The van der Waals surface area contributed by atoms with Crippen molar-refractivity contribution in [2.45, 2.75) is 37.5 Å². The number of hydrogen-bond acceptors (Lipinski definition) is 3. The van der Waals surface area contributed by atoms with Gasteiger partial charge in [-0.25, -0.2) is 0 Å². The number of ether oxygens (including phenoxy) is 3. The summed E-state index contributed by atoms with van der Waals surface area (Å²) < 4.78 is 14.2. The molecule has 0 radical (unpaired) electrons. The highest BCUT2D eigenvalue weighted by Crippen LogP contribution is 2.27. The average molecular weight is 245 g/mol. The van der Waals surface area contributed by atoms with Crippen molar-refractivity contribution in [1.29, 1.82) is 0 Å². The van der Waals surface area contributed by atoms with Gasteiger partial charge in [0.1, 0.15) is 0 Å². The number of rotatable bonds is 8. The molecule has 0 amide bonds. The van der Waals surface area contributed by atoms with E-state index in [-0.39, 0.29) is 6.29 Å². The van der Waals surface area contributed by atoms with Crippen molar-refractivity contribution in [3.05, 3.63) is 0 Å². The minimum Gasteiger partial charge on any atom is -0.356 e. The fraction of sp³-hybridized carbons (Fsp3) is 1.00. The van der Waals surface area contributed by atoms with E-state index < -0.39 is 4.52 Å². The van der Waals surface area contributed by atoms with E-state index in [1.54, 1.807) is 14.0 Å². The largest absolute Gasteiger partial charge is 0.356 e. The molecule has 0 saturated heterocycles. The van der Waals surface area contributed by atoms with Crippen molar-refractivity contribution in [2.75, 3.05) is 20.3 Å². The van der Waals surface area contributed by atoms with Gasteiger partial charge in [-0.15, -0.1) is 0 Å². The van der Waals surface area contributed by atoms with E-state index >= 15 is 0 Å². The summed E-state index contributed by atoms with van der Waals surface area (Å²) in [6, 6.07) is 0. The van der Waals surface area contributed by atoms with Crippen LogP contribution in [0.4, 0.5) is 0 Å². The van der Waals surface area contributed by atoms with E-state index in [1.165, 1.54) is 0 Å². The summed E-state index contributed by atoms with van der Waals surface area (Å²) >= 11 is 11.7. The maximum Gasteiger partial charge on any atom is 0.217 e. The van der Waals surface area contributed by atoms with Gasteiger partial charge < -0.3 is 14.2 Å². The van der Waals surface area contributed by atoms with Gasteiger partial charge in [-0.2, -0.15) is 0 Å². The molecule has 0 aliphatic rings. The van der Waals surface area contributed by atoms with Gasteiger partial charge in [-0.1, -0.05) is 36.5 Å². The molecule has 0 aromatic carbocycles. The van der Waals surface area contributed by atoms with Gasteiger partial charge in [0.15, 0.2) is 6.29 Å². The van der Waals surface area contributed by atoms with E-state index in [9.17, 15) is 0 Å². The molecule has 0 heterocycles. The molecule has 0 spiro atoms. The first-order valence-corrected chi connectivity index (χ1v) is 5.43. The second-order valence-electron chi connectivity index (χ2n) is 2.91. The summed E-state index contributed by atoms with van der Waals surface area (Å²) in [5.41, 5.74) is 0. The molecule has 14 heavy (non-hydrogen) atoms. The van der Waals surface area contributed by atoms with Crippen LogP contribution in [-0.2, 0) is 14.2 Å². The zero-order valence-corrected chi connectivity index (χ0v) is 10.4. The molecule has 0 aromatic rings. The van der Waals surface area contributed by atoms with Crippen LogP contribution in [0.5, 0.6) is 0 Å². The molecule has 0 aromatic heterocycles. The minimum absolute atomic E-state index is 0.232. The molecule has 3 nitrogen and oxygen atoms in total. The van der Waals surface area contributed by atoms with Gasteiger partial charge in [0, 0.05) is 13.5 Å². The van der Waals surface area contributed by atoms with Gasteiger partial charge in [-0.05, 0) is 6.92 Å². The average Bonchev–Trinajstić information content (AvgIpc) is 2.12. The van der Waals surface area contributed by atoms with E-state index in [2.05, 4.69) is 0 Å². The highest BCUT2D eigenvalue weighted by Gasteiger charge is 2.22. The first-order valence-electron chi connectivity index (χ1n) is 4.68. The van der Waals surface area contributed by atoms with E-state index in [0.29, 0.717) is 19.6 Å². The van der Waals surface area contributed by atoms with Crippen molar-refractivity contribution in [3.63, 3.8) is 0 Å². The first kappa shape index (κ1) is 14.5. The predicted molar refractivity (Wildman–Crippen MR) is 57.7 cm³/mol. The monoisotopic (exact) mass is 244 g/mol. The molecule has 0 aliphatic heterocycles. The summed E-state index contributed by atoms with van der Waals surface area (Å²) in [5.74, 6) is 0. The Bertz CT molecular complexity index is 142. The lowest BCUT2D eigenvalue weighted by Crippen LogP contribution is -2.22. The second-order valence-corrected chi connectivity index (χ2v) is 4.32. The number of alkyl halides is 2. The highest BCUT2D eigenvalue weighted by molar-refractivity contribution is 6.47. The Morgan fingerprint density at radius 2 is 1.93 bits per heavy atom. The van der Waals surface area contributed by atoms with E-state index in [0.717, 1.165) is 6.42 Å². The second kappa shape index (κ2) is 7.71. The maximum atomic E-state index is 5.84. The molecule has 1 unspecified atom stereocenters. The van der Waals surface area contributed by atoms with Gasteiger partial charge in [0.2, 0.25) is 4.52 Å². The standard InChI is InChI=1S/C9H18Cl2O3/c1-4-5-9(10,11)14-7-6-13-8(2)12-3/h8H,4-7H2,1-3H3. The molecule has 0 fully saturated rings. The lowest BCUT2D eigenvalue weighted by molar-refractivity contribution is -0.125. The third kappa shape index (κ3) is 7.83. The van der Waals surface area contributed by atoms with E-state index in [4.69, 9.17) is 37.4 Å². The van der Waals surface area contributed by atoms with Gasteiger partial charge >= 0.3 is 0 Å². The zero-order chi connectivity index (χ0) is 11.0. The fourth-order valence-electron chi connectivity index (χ4n) is 0.836. The van der Waals surface area contributed by atoms with Crippen LogP contribution in [0.15, 0.2) is 0 Å². The summed E-state index contributed by atoms with van der Waals surface area (Å²) in [4.78, 5) is 0. The van der Waals surface area contributed by atoms with Gasteiger partial charge in [-0.3, -0.25) is 0 Å². The topological polar surface area (TPSA) is 27.7 Å². The summed E-state index contributed by atoms with van der Waals surface area (Å²) in [7, 11) is 1.58.